The molecule has 0 aliphatic heterocycles. The van der Waals surface area contributed by atoms with Gasteiger partial charge in [0.2, 0.25) is 0 Å². The van der Waals surface area contributed by atoms with Gasteiger partial charge in [-0.05, 0) is 34.1 Å². The fourth-order valence-electron chi connectivity index (χ4n) is 1.45. The van der Waals surface area contributed by atoms with E-state index in [0.717, 1.165) is 20.3 Å². The number of benzene rings is 1. The van der Waals surface area contributed by atoms with Gasteiger partial charge in [0, 0.05) is 16.4 Å². The second-order valence-corrected chi connectivity index (χ2v) is 8.00. The smallest absolute Gasteiger partial charge is 0.136 e. The maximum absolute atomic E-state index is 6.03. The van der Waals surface area contributed by atoms with Crippen LogP contribution in [-0.4, -0.2) is 9.97 Å². The summed E-state index contributed by atoms with van der Waals surface area (Å²) in [6.45, 7) is 6.26. The largest absolute Gasteiger partial charge is 0.226 e. The quantitative estimate of drug-likeness (QED) is 0.587. The van der Waals surface area contributed by atoms with Gasteiger partial charge < -0.3 is 0 Å². The first-order chi connectivity index (χ1) is 9.25. The molecule has 106 valence electrons. The minimum atomic E-state index is -0.100. The minimum absolute atomic E-state index is 0.100. The Balaban J connectivity index is 2.33. The molecule has 0 amide bonds. The van der Waals surface area contributed by atoms with E-state index in [1.54, 1.807) is 6.07 Å². The zero-order valence-electron chi connectivity index (χ0n) is 11.2. The van der Waals surface area contributed by atoms with E-state index in [1.165, 1.54) is 11.8 Å². The summed E-state index contributed by atoms with van der Waals surface area (Å²) in [4.78, 5) is 10.0. The average molecular weight is 392 g/mol. The van der Waals surface area contributed by atoms with E-state index in [-0.39, 0.29) is 5.41 Å². The van der Waals surface area contributed by atoms with Crippen molar-refractivity contribution in [2.75, 3.05) is 0 Å². The molecule has 1 heterocycles. The zero-order valence-corrected chi connectivity index (χ0v) is 15.2. The number of hydrogen-bond donors (Lipinski definition) is 0. The van der Waals surface area contributed by atoms with Crippen molar-refractivity contribution < 1.29 is 0 Å². The molecule has 0 aliphatic carbocycles. The van der Waals surface area contributed by atoms with E-state index in [2.05, 4.69) is 46.7 Å². The van der Waals surface area contributed by atoms with E-state index in [9.17, 15) is 0 Å². The first-order valence-electron chi connectivity index (χ1n) is 5.94. The summed E-state index contributed by atoms with van der Waals surface area (Å²) in [7, 11) is 0. The summed E-state index contributed by atoms with van der Waals surface area (Å²) in [6, 6.07) is 7.43. The topological polar surface area (TPSA) is 25.8 Å². The van der Waals surface area contributed by atoms with Crippen molar-refractivity contribution in [1.82, 2.24) is 9.97 Å². The molecule has 0 fully saturated rings. The van der Waals surface area contributed by atoms with E-state index >= 15 is 0 Å². The van der Waals surface area contributed by atoms with Gasteiger partial charge in [0.15, 0.2) is 0 Å². The number of halogens is 3. The van der Waals surface area contributed by atoms with Crippen LogP contribution >= 0.6 is 50.9 Å². The van der Waals surface area contributed by atoms with Crippen LogP contribution in [0.15, 0.2) is 38.8 Å². The highest BCUT2D eigenvalue weighted by Crippen LogP contribution is 2.33. The molecule has 0 spiro atoms. The minimum Gasteiger partial charge on any atom is -0.226 e. The zero-order chi connectivity index (χ0) is 14.9. The van der Waals surface area contributed by atoms with Crippen molar-refractivity contribution in [2.45, 2.75) is 36.1 Å². The second kappa shape index (κ2) is 6.22. The van der Waals surface area contributed by atoms with Gasteiger partial charge in [-0.1, -0.05) is 55.7 Å². The summed E-state index contributed by atoms with van der Waals surface area (Å²) in [5.74, 6) is 0.800. The molecule has 0 saturated carbocycles. The Labute approximate surface area is 141 Å². The molecule has 2 nitrogen and oxygen atoms in total. The highest BCUT2D eigenvalue weighted by Gasteiger charge is 2.19. The first-order valence-corrected chi connectivity index (χ1v) is 8.30. The molecular formula is C14H13BrCl2N2S. The number of rotatable bonds is 2. The Kier molecular flexibility index (Phi) is 5.00. The Hall–Kier alpha value is -0.290. The van der Waals surface area contributed by atoms with E-state index in [0.29, 0.717) is 10.0 Å². The Bertz CT molecular complexity index is 642. The fourth-order valence-corrected chi connectivity index (χ4v) is 3.20. The first kappa shape index (κ1) is 16.1. The molecule has 0 radical (unpaired) electrons. The third-order valence-electron chi connectivity index (χ3n) is 2.46. The van der Waals surface area contributed by atoms with Crippen LogP contribution in [0.4, 0.5) is 0 Å². The van der Waals surface area contributed by atoms with Crippen molar-refractivity contribution in [2.24, 2.45) is 0 Å². The van der Waals surface area contributed by atoms with Gasteiger partial charge in [-0.25, -0.2) is 9.97 Å². The van der Waals surface area contributed by atoms with Crippen LogP contribution < -0.4 is 0 Å². The van der Waals surface area contributed by atoms with Gasteiger partial charge in [-0.2, -0.15) is 0 Å². The Morgan fingerprint density at radius 2 is 1.75 bits per heavy atom. The van der Waals surface area contributed by atoms with Crippen molar-refractivity contribution >= 4 is 50.9 Å². The summed E-state index contributed by atoms with van der Waals surface area (Å²) >= 11 is 16.9. The maximum Gasteiger partial charge on any atom is 0.136 e. The molecule has 0 atom stereocenters. The highest BCUT2D eigenvalue weighted by molar-refractivity contribution is 9.10. The predicted molar refractivity (Wildman–Crippen MR) is 89.0 cm³/mol. The monoisotopic (exact) mass is 390 g/mol. The van der Waals surface area contributed by atoms with Gasteiger partial charge in [0.05, 0.1) is 10.0 Å². The van der Waals surface area contributed by atoms with Gasteiger partial charge >= 0.3 is 0 Å². The third-order valence-corrected chi connectivity index (χ3v) is 4.51. The lowest BCUT2D eigenvalue weighted by atomic mass is 9.96. The van der Waals surface area contributed by atoms with Gasteiger partial charge in [-0.15, -0.1) is 0 Å². The molecule has 1 aromatic carbocycles. The summed E-state index contributed by atoms with van der Waals surface area (Å²) < 4.78 is 0.778. The van der Waals surface area contributed by atoms with Crippen LogP contribution in [0.25, 0.3) is 0 Å². The van der Waals surface area contributed by atoms with Crippen LogP contribution in [0, 0.1) is 0 Å². The van der Waals surface area contributed by atoms with Crippen molar-refractivity contribution in [3.8, 4) is 0 Å². The van der Waals surface area contributed by atoms with Crippen molar-refractivity contribution in [1.29, 1.82) is 0 Å². The van der Waals surface area contributed by atoms with Gasteiger partial charge in [0.1, 0.15) is 15.5 Å². The average Bonchev–Trinajstić information content (AvgIpc) is 2.32. The molecule has 6 heteroatoms. The molecule has 0 N–H and O–H groups in total. The molecular weight excluding hydrogens is 379 g/mol. The Morgan fingerprint density at radius 3 is 2.35 bits per heavy atom. The van der Waals surface area contributed by atoms with Gasteiger partial charge in [-0.3, -0.25) is 0 Å². The maximum atomic E-state index is 6.03. The molecule has 0 bridgehead atoms. The van der Waals surface area contributed by atoms with Crippen LogP contribution in [0.3, 0.4) is 0 Å². The van der Waals surface area contributed by atoms with E-state index in [1.807, 2.05) is 18.2 Å². The van der Waals surface area contributed by atoms with Crippen LogP contribution in [0.2, 0.25) is 10.0 Å². The summed E-state index contributed by atoms with van der Waals surface area (Å²) in [6.07, 6.45) is 0. The van der Waals surface area contributed by atoms with Crippen molar-refractivity contribution in [3.05, 3.63) is 44.7 Å². The normalized spacial score (nSPS) is 11.7. The molecule has 20 heavy (non-hydrogen) atoms. The highest BCUT2D eigenvalue weighted by atomic mass is 79.9. The predicted octanol–water partition coefficient (Wildman–Crippen LogP) is 5.99. The number of nitrogens with zero attached hydrogens (tertiary/aromatic N) is 2. The lowest BCUT2D eigenvalue weighted by Crippen LogP contribution is -2.16. The lowest BCUT2D eigenvalue weighted by Gasteiger charge is -2.17. The van der Waals surface area contributed by atoms with Crippen molar-refractivity contribution in [3.63, 3.8) is 0 Å². The molecule has 0 unspecified atom stereocenters. The molecule has 0 aliphatic rings. The molecule has 0 saturated heterocycles. The third kappa shape index (κ3) is 4.10. The summed E-state index contributed by atoms with van der Waals surface area (Å²) in [5.41, 5.74) is -0.100. The van der Waals surface area contributed by atoms with Crippen LogP contribution in [-0.2, 0) is 5.41 Å². The molecule has 2 rings (SSSR count). The van der Waals surface area contributed by atoms with E-state index in [4.69, 9.17) is 23.2 Å². The molecule has 1 aromatic heterocycles. The Morgan fingerprint density at radius 1 is 1.05 bits per heavy atom. The lowest BCUT2D eigenvalue weighted by molar-refractivity contribution is 0.536. The van der Waals surface area contributed by atoms with E-state index < -0.39 is 0 Å². The SMILES string of the molecule is CC(C)(C)c1nc(Br)cc(Sc2ccc(Cl)c(Cl)c2)n1. The standard InChI is InChI=1S/C14H13BrCl2N2S/c1-14(2,3)13-18-11(15)7-12(19-13)20-8-4-5-9(16)10(17)6-8/h4-7H,1-3H3. The summed E-state index contributed by atoms with van der Waals surface area (Å²) in [5, 5.41) is 1.96. The van der Waals surface area contributed by atoms with Gasteiger partial charge in [0.25, 0.3) is 0 Å². The molecule has 2 aromatic rings. The number of hydrogen-bond acceptors (Lipinski definition) is 3. The number of aromatic nitrogens is 2. The fraction of sp³-hybridized carbons (Fsp3) is 0.286. The van der Waals surface area contributed by atoms with Crippen LogP contribution in [0.1, 0.15) is 26.6 Å². The second-order valence-electron chi connectivity index (χ2n) is 5.28. The van der Waals surface area contributed by atoms with Crippen LogP contribution in [0.5, 0.6) is 0 Å².